The maximum absolute atomic E-state index is 13.4. The molecule has 0 fully saturated rings. The van der Waals surface area contributed by atoms with Crippen LogP contribution in [0.5, 0.6) is 0 Å². The zero-order chi connectivity index (χ0) is 17.0. The van der Waals surface area contributed by atoms with Gasteiger partial charge >= 0.3 is 0 Å². The fourth-order valence-electron chi connectivity index (χ4n) is 1.73. The number of ketones is 1. The van der Waals surface area contributed by atoms with E-state index in [9.17, 15) is 26.7 Å². The molecule has 0 aliphatic heterocycles. The monoisotopic (exact) mass is 324 g/mol. The summed E-state index contributed by atoms with van der Waals surface area (Å²) in [5.41, 5.74) is -0.451. The third-order valence-electron chi connectivity index (χ3n) is 2.90. The van der Waals surface area contributed by atoms with E-state index < -0.39 is 40.4 Å². The number of carbonyl (C=O) groups is 1. The molecule has 0 aliphatic rings. The Bertz CT molecular complexity index is 765. The average molecular weight is 324 g/mol. The molecule has 0 saturated heterocycles. The molecule has 0 radical (unpaired) electrons. The molecule has 0 spiro atoms. The summed E-state index contributed by atoms with van der Waals surface area (Å²) in [7, 11) is 0. The quantitative estimate of drug-likeness (QED) is 0.345. The summed E-state index contributed by atoms with van der Waals surface area (Å²) in [6.07, 6.45) is 3.83. The van der Waals surface area contributed by atoms with Gasteiger partial charge in [-0.15, -0.1) is 0 Å². The van der Waals surface area contributed by atoms with Gasteiger partial charge in [-0.2, -0.15) is 0 Å². The van der Waals surface area contributed by atoms with E-state index in [4.69, 9.17) is 0 Å². The molecule has 0 amide bonds. The lowest BCUT2D eigenvalue weighted by Gasteiger charge is -2.03. The van der Waals surface area contributed by atoms with Gasteiger partial charge < -0.3 is 0 Å². The van der Waals surface area contributed by atoms with Crippen LogP contribution in [0.3, 0.4) is 0 Å². The normalized spacial score (nSPS) is 11.5. The molecule has 23 heavy (non-hydrogen) atoms. The third-order valence-corrected chi connectivity index (χ3v) is 2.90. The van der Waals surface area contributed by atoms with Crippen LogP contribution < -0.4 is 0 Å². The van der Waals surface area contributed by atoms with Crippen molar-refractivity contribution in [3.63, 3.8) is 0 Å². The van der Waals surface area contributed by atoms with Crippen LogP contribution in [0.4, 0.5) is 22.0 Å². The summed E-state index contributed by atoms with van der Waals surface area (Å²) in [6, 6.07) is 8.71. The Morgan fingerprint density at radius 1 is 0.696 bits per heavy atom. The van der Waals surface area contributed by atoms with Crippen LogP contribution in [0.1, 0.15) is 11.1 Å². The van der Waals surface area contributed by atoms with Gasteiger partial charge in [0.2, 0.25) is 5.82 Å². The lowest BCUT2D eigenvalue weighted by atomic mass is 10.1. The van der Waals surface area contributed by atoms with Crippen LogP contribution in [0.15, 0.2) is 42.5 Å². The van der Waals surface area contributed by atoms with Gasteiger partial charge in [0, 0.05) is 0 Å². The van der Waals surface area contributed by atoms with Crippen molar-refractivity contribution in [1.82, 2.24) is 0 Å². The van der Waals surface area contributed by atoms with Gasteiger partial charge in [0.15, 0.2) is 29.1 Å². The zero-order valence-corrected chi connectivity index (χ0v) is 11.5. The largest absolute Gasteiger partial charge is 0.290 e. The molecule has 2 rings (SSSR count). The molecule has 0 aromatic heterocycles. The second-order valence-corrected chi connectivity index (χ2v) is 4.46. The van der Waals surface area contributed by atoms with Crippen LogP contribution in [-0.4, -0.2) is 5.78 Å². The second-order valence-electron chi connectivity index (χ2n) is 4.46. The van der Waals surface area contributed by atoms with Crippen molar-refractivity contribution in [2.45, 2.75) is 0 Å². The minimum atomic E-state index is -2.24. The Morgan fingerprint density at radius 2 is 1.17 bits per heavy atom. The highest BCUT2D eigenvalue weighted by Gasteiger charge is 2.24. The maximum atomic E-state index is 13.4. The molecule has 118 valence electrons. The van der Waals surface area contributed by atoms with Crippen LogP contribution in [0.2, 0.25) is 0 Å². The highest BCUT2D eigenvalue weighted by molar-refractivity contribution is 6.04. The summed E-state index contributed by atoms with van der Waals surface area (Å²) in [4.78, 5) is 11.6. The number of rotatable bonds is 4. The predicted octanol–water partition coefficient (Wildman–Crippen LogP) is 4.68. The number of benzene rings is 2. The molecule has 0 unspecified atom stereocenters. The molecule has 0 heterocycles. The zero-order valence-electron chi connectivity index (χ0n) is 11.5. The van der Waals surface area contributed by atoms with Gasteiger partial charge in [-0.3, -0.25) is 4.79 Å². The Kier molecular flexibility index (Phi) is 5.05. The van der Waals surface area contributed by atoms with Crippen molar-refractivity contribution in [3.8, 4) is 0 Å². The lowest BCUT2D eigenvalue weighted by molar-refractivity contribution is -0.110. The standard InChI is InChI=1S/C17H9F5O/c18-13-12(14(19)16(21)17(22)15(13)20)9-8-11(23)7-6-10-4-2-1-3-5-10/h1-9H/b7-6+,9-8+. The van der Waals surface area contributed by atoms with E-state index in [1.165, 1.54) is 6.08 Å². The Morgan fingerprint density at radius 3 is 1.74 bits per heavy atom. The summed E-state index contributed by atoms with van der Waals surface area (Å²) >= 11 is 0. The highest BCUT2D eigenvalue weighted by Crippen LogP contribution is 2.23. The second kappa shape index (κ2) is 7.00. The summed E-state index contributed by atoms with van der Waals surface area (Å²) < 4.78 is 65.7. The van der Waals surface area contributed by atoms with Crippen LogP contribution in [0, 0.1) is 29.1 Å². The van der Waals surface area contributed by atoms with Gasteiger partial charge in [-0.1, -0.05) is 36.4 Å². The first-order valence-electron chi connectivity index (χ1n) is 6.38. The summed E-state index contributed by atoms with van der Waals surface area (Å²) in [5.74, 6) is -11.0. The molecule has 0 aliphatic carbocycles. The minimum absolute atomic E-state index is 0.550. The first kappa shape index (κ1) is 16.6. The first-order valence-corrected chi connectivity index (χ1v) is 6.38. The van der Waals surface area contributed by atoms with Crippen molar-refractivity contribution < 1.29 is 26.7 Å². The molecule has 0 bridgehead atoms. The lowest BCUT2D eigenvalue weighted by Crippen LogP contribution is -2.04. The van der Waals surface area contributed by atoms with Gasteiger partial charge in [0.05, 0.1) is 5.56 Å². The van der Waals surface area contributed by atoms with E-state index in [0.29, 0.717) is 11.6 Å². The average Bonchev–Trinajstić information content (AvgIpc) is 2.57. The predicted molar refractivity (Wildman–Crippen MR) is 75.7 cm³/mol. The molecule has 0 N–H and O–H groups in total. The van der Waals surface area contributed by atoms with Crippen molar-refractivity contribution in [1.29, 1.82) is 0 Å². The van der Waals surface area contributed by atoms with E-state index in [0.717, 1.165) is 12.2 Å². The first-order chi connectivity index (χ1) is 10.9. The van der Waals surface area contributed by atoms with Gasteiger partial charge in [0.1, 0.15) is 0 Å². The van der Waals surface area contributed by atoms with Crippen LogP contribution in [-0.2, 0) is 4.79 Å². The van der Waals surface area contributed by atoms with E-state index in [1.54, 1.807) is 30.3 Å². The van der Waals surface area contributed by atoms with Crippen LogP contribution >= 0.6 is 0 Å². The SMILES string of the molecule is O=C(/C=C/c1ccccc1)/C=C/c1c(F)c(F)c(F)c(F)c1F. The molecule has 0 saturated carbocycles. The Labute approximate surface area is 128 Å². The Balaban J connectivity index is 2.24. The van der Waals surface area contributed by atoms with E-state index in [2.05, 4.69) is 0 Å². The maximum Gasteiger partial charge on any atom is 0.200 e. The number of hydrogen-bond donors (Lipinski definition) is 0. The van der Waals surface area contributed by atoms with Gasteiger partial charge in [-0.25, -0.2) is 22.0 Å². The molecule has 1 nitrogen and oxygen atoms in total. The minimum Gasteiger partial charge on any atom is -0.290 e. The summed E-state index contributed by atoms with van der Waals surface area (Å²) in [6.45, 7) is 0. The number of halogens is 5. The number of allylic oxidation sites excluding steroid dienone is 2. The van der Waals surface area contributed by atoms with E-state index in [1.807, 2.05) is 0 Å². The molecular weight excluding hydrogens is 315 g/mol. The fraction of sp³-hybridized carbons (Fsp3) is 0. The third kappa shape index (κ3) is 3.71. The molecule has 2 aromatic carbocycles. The molecule has 6 heteroatoms. The summed E-state index contributed by atoms with van der Waals surface area (Å²) in [5, 5.41) is 0. The molecule has 2 aromatic rings. The van der Waals surface area contributed by atoms with Gasteiger partial charge in [-0.05, 0) is 23.8 Å². The van der Waals surface area contributed by atoms with Crippen molar-refractivity contribution >= 4 is 17.9 Å². The highest BCUT2D eigenvalue weighted by atomic mass is 19.2. The van der Waals surface area contributed by atoms with E-state index >= 15 is 0 Å². The van der Waals surface area contributed by atoms with Crippen molar-refractivity contribution in [2.75, 3.05) is 0 Å². The van der Waals surface area contributed by atoms with E-state index in [-0.39, 0.29) is 0 Å². The van der Waals surface area contributed by atoms with Crippen molar-refractivity contribution in [2.24, 2.45) is 0 Å². The Hall–Kier alpha value is -2.76. The van der Waals surface area contributed by atoms with Crippen LogP contribution in [0.25, 0.3) is 12.2 Å². The molecule has 0 atom stereocenters. The van der Waals surface area contributed by atoms with Gasteiger partial charge in [0.25, 0.3) is 0 Å². The smallest absolute Gasteiger partial charge is 0.200 e. The number of hydrogen-bond acceptors (Lipinski definition) is 1. The molecular formula is C17H9F5O. The topological polar surface area (TPSA) is 17.1 Å². The fourth-order valence-corrected chi connectivity index (χ4v) is 1.73. The van der Waals surface area contributed by atoms with Crippen molar-refractivity contribution in [3.05, 3.63) is 82.7 Å². The number of carbonyl (C=O) groups excluding carboxylic acids is 1.